The van der Waals surface area contributed by atoms with Gasteiger partial charge in [-0.3, -0.25) is 4.79 Å². The van der Waals surface area contributed by atoms with E-state index in [-0.39, 0.29) is 11.9 Å². The Hall–Kier alpha value is -0.730. The summed E-state index contributed by atoms with van der Waals surface area (Å²) < 4.78 is 0. The fraction of sp³-hybridized carbons (Fsp3) is 0.632. The molecular formula is C19H27Cl2NO. The molecule has 2 nitrogen and oxygen atoms in total. The van der Waals surface area contributed by atoms with Crippen molar-refractivity contribution in [1.82, 2.24) is 5.32 Å². The molecule has 0 radical (unpaired) electrons. The molecule has 1 amide bonds. The maximum Gasteiger partial charge on any atom is 0.251 e. The highest BCUT2D eigenvalue weighted by molar-refractivity contribution is 6.42. The minimum Gasteiger partial charge on any atom is -0.349 e. The topological polar surface area (TPSA) is 29.1 Å². The molecular weight excluding hydrogens is 329 g/mol. The van der Waals surface area contributed by atoms with E-state index >= 15 is 0 Å². The molecule has 1 aromatic carbocycles. The van der Waals surface area contributed by atoms with Crippen LogP contribution < -0.4 is 5.32 Å². The first-order chi connectivity index (χ1) is 11.2. The number of carbonyl (C=O) groups excluding carboxylic acids is 1. The van der Waals surface area contributed by atoms with Crippen LogP contribution in [0.15, 0.2) is 18.2 Å². The quantitative estimate of drug-likeness (QED) is 0.653. The van der Waals surface area contributed by atoms with E-state index in [1.165, 1.54) is 57.8 Å². The largest absolute Gasteiger partial charge is 0.349 e. The summed E-state index contributed by atoms with van der Waals surface area (Å²) in [5.74, 6) is -0.0411. The van der Waals surface area contributed by atoms with Gasteiger partial charge in [0.15, 0.2) is 0 Å². The standard InChI is InChI=1S/C19H27Cl2NO/c20-17-13-12-15(14-18(17)21)19(23)22-16-10-8-6-4-2-1-3-5-7-9-11-16/h12-14,16H,1-11H2,(H,22,23). The molecule has 0 aromatic heterocycles. The summed E-state index contributed by atoms with van der Waals surface area (Å²) in [5.41, 5.74) is 0.588. The van der Waals surface area contributed by atoms with E-state index in [1.54, 1.807) is 18.2 Å². The molecule has 1 aliphatic rings. The third kappa shape index (κ3) is 6.73. The van der Waals surface area contributed by atoms with Crippen LogP contribution in [0.2, 0.25) is 10.0 Å². The van der Waals surface area contributed by atoms with Gasteiger partial charge in [0.05, 0.1) is 10.0 Å². The van der Waals surface area contributed by atoms with Gasteiger partial charge in [-0.2, -0.15) is 0 Å². The summed E-state index contributed by atoms with van der Waals surface area (Å²) in [5, 5.41) is 4.10. The van der Waals surface area contributed by atoms with Crippen molar-refractivity contribution in [2.75, 3.05) is 0 Å². The molecule has 0 heterocycles. The van der Waals surface area contributed by atoms with E-state index in [0.717, 1.165) is 12.8 Å². The number of benzene rings is 1. The van der Waals surface area contributed by atoms with Crippen LogP contribution in [-0.2, 0) is 0 Å². The van der Waals surface area contributed by atoms with Crippen molar-refractivity contribution in [3.8, 4) is 0 Å². The van der Waals surface area contributed by atoms with Gasteiger partial charge in [-0.05, 0) is 31.0 Å². The molecule has 0 aliphatic heterocycles. The van der Waals surface area contributed by atoms with E-state index in [9.17, 15) is 4.79 Å². The summed E-state index contributed by atoms with van der Waals surface area (Å²) in [7, 11) is 0. The van der Waals surface area contributed by atoms with Crippen LogP contribution in [0.3, 0.4) is 0 Å². The molecule has 0 atom stereocenters. The van der Waals surface area contributed by atoms with Crippen LogP contribution in [0.1, 0.15) is 81.0 Å². The predicted octanol–water partition coefficient (Wildman–Crippen LogP) is 6.40. The number of halogens is 2. The Kier molecular flexibility index (Phi) is 8.25. The first-order valence-electron chi connectivity index (χ1n) is 8.93. The van der Waals surface area contributed by atoms with Gasteiger partial charge in [-0.15, -0.1) is 0 Å². The first-order valence-corrected chi connectivity index (χ1v) is 9.68. The lowest BCUT2D eigenvalue weighted by atomic mass is 9.97. The van der Waals surface area contributed by atoms with Crippen molar-refractivity contribution in [3.05, 3.63) is 33.8 Å². The molecule has 1 aromatic rings. The highest BCUT2D eigenvalue weighted by Crippen LogP contribution is 2.23. The van der Waals surface area contributed by atoms with Crippen LogP contribution >= 0.6 is 23.2 Å². The first kappa shape index (κ1) is 18.6. The fourth-order valence-electron chi connectivity index (χ4n) is 3.21. The molecule has 1 N–H and O–H groups in total. The Labute approximate surface area is 149 Å². The van der Waals surface area contributed by atoms with Gasteiger partial charge in [-0.25, -0.2) is 0 Å². The van der Waals surface area contributed by atoms with Gasteiger partial charge in [-0.1, -0.05) is 81.0 Å². The fourth-order valence-corrected chi connectivity index (χ4v) is 3.51. The van der Waals surface area contributed by atoms with Crippen molar-refractivity contribution < 1.29 is 4.79 Å². The average molecular weight is 356 g/mol. The van der Waals surface area contributed by atoms with Crippen molar-refractivity contribution in [2.24, 2.45) is 0 Å². The number of amides is 1. The van der Waals surface area contributed by atoms with Crippen molar-refractivity contribution >= 4 is 29.1 Å². The van der Waals surface area contributed by atoms with Gasteiger partial charge in [0, 0.05) is 11.6 Å². The number of hydrogen-bond donors (Lipinski definition) is 1. The van der Waals surface area contributed by atoms with Gasteiger partial charge in [0.1, 0.15) is 0 Å². The highest BCUT2D eigenvalue weighted by Gasteiger charge is 2.15. The molecule has 1 saturated carbocycles. The molecule has 0 bridgehead atoms. The zero-order valence-corrected chi connectivity index (χ0v) is 15.3. The van der Waals surface area contributed by atoms with Crippen molar-refractivity contribution in [1.29, 1.82) is 0 Å². The summed E-state index contributed by atoms with van der Waals surface area (Å²) in [6, 6.07) is 5.34. The molecule has 1 fully saturated rings. The third-order valence-electron chi connectivity index (χ3n) is 4.62. The Morgan fingerprint density at radius 2 is 1.35 bits per heavy atom. The molecule has 4 heteroatoms. The van der Waals surface area contributed by atoms with E-state index in [1.807, 2.05) is 0 Å². The molecule has 0 spiro atoms. The maximum absolute atomic E-state index is 12.4. The number of rotatable bonds is 2. The van der Waals surface area contributed by atoms with Crippen molar-refractivity contribution in [2.45, 2.75) is 76.7 Å². The normalized spacial score (nSPS) is 18.7. The molecule has 2 rings (SSSR count). The van der Waals surface area contributed by atoms with Crippen LogP contribution in [0, 0.1) is 0 Å². The lowest BCUT2D eigenvalue weighted by Crippen LogP contribution is -2.34. The third-order valence-corrected chi connectivity index (χ3v) is 5.36. The second-order valence-corrected chi connectivity index (χ2v) is 7.37. The zero-order chi connectivity index (χ0) is 16.5. The van der Waals surface area contributed by atoms with E-state index in [2.05, 4.69) is 5.32 Å². The second-order valence-electron chi connectivity index (χ2n) is 6.56. The smallest absolute Gasteiger partial charge is 0.251 e. The Balaban J connectivity index is 1.90. The molecule has 128 valence electrons. The van der Waals surface area contributed by atoms with E-state index in [4.69, 9.17) is 23.2 Å². The molecule has 23 heavy (non-hydrogen) atoms. The Morgan fingerprint density at radius 1 is 0.826 bits per heavy atom. The van der Waals surface area contributed by atoms with Gasteiger partial charge >= 0.3 is 0 Å². The van der Waals surface area contributed by atoms with E-state index in [0.29, 0.717) is 15.6 Å². The molecule has 0 saturated heterocycles. The van der Waals surface area contributed by atoms with Gasteiger partial charge in [0.25, 0.3) is 5.91 Å². The highest BCUT2D eigenvalue weighted by atomic mass is 35.5. The Morgan fingerprint density at radius 3 is 1.87 bits per heavy atom. The average Bonchev–Trinajstić information content (AvgIpc) is 2.52. The predicted molar refractivity (Wildman–Crippen MR) is 98.5 cm³/mol. The van der Waals surface area contributed by atoms with Crippen LogP contribution in [0.25, 0.3) is 0 Å². The lowest BCUT2D eigenvalue weighted by Gasteiger charge is -2.19. The van der Waals surface area contributed by atoms with Crippen LogP contribution in [-0.4, -0.2) is 11.9 Å². The SMILES string of the molecule is O=C(NC1CCCCCCCCCCC1)c1ccc(Cl)c(Cl)c1. The zero-order valence-electron chi connectivity index (χ0n) is 13.8. The monoisotopic (exact) mass is 355 g/mol. The van der Waals surface area contributed by atoms with E-state index < -0.39 is 0 Å². The summed E-state index contributed by atoms with van der Waals surface area (Å²) in [6.07, 6.45) is 13.9. The second kappa shape index (κ2) is 10.2. The summed E-state index contributed by atoms with van der Waals surface area (Å²) >= 11 is 11.9. The summed E-state index contributed by atoms with van der Waals surface area (Å²) in [6.45, 7) is 0. The summed E-state index contributed by atoms with van der Waals surface area (Å²) in [4.78, 5) is 12.4. The minimum absolute atomic E-state index is 0.0411. The lowest BCUT2D eigenvalue weighted by molar-refractivity contribution is 0.0931. The maximum atomic E-state index is 12.4. The number of nitrogens with one attached hydrogen (secondary N) is 1. The molecule has 1 aliphatic carbocycles. The minimum atomic E-state index is -0.0411. The van der Waals surface area contributed by atoms with Crippen LogP contribution in [0.4, 0.5) is 0 Å². The molecule has 0 unspecified atom stereocenters. The number of carbonyl (C=O) groups is 1. The Bertz CT molecular complexity index is 492. The number of hydrogen-bond acceptors (Lipinski definition) is 1. The van der Waals surface area contributed by atoms with Crippen molar-refractivity contribution in [3.63, 3.8) is 0 Å². The van der Waals surface area contributed by atoms with Gasteiger partial charge in [0.2, 0.25) is 0 Å². The van der Waals surface area contributed by atoms with Gasteiger partial charge < -0.3 is 5.32 Å². The van der Waals surface area contributed by atoms with Crippen LogP contribution in [0.5, 0.6) is 0 Å².